The quantitative estimate of drug-likeness (QED) is 0.492. The van der Waals surface area contributed by atoms with Crippen LogP contribution in [0.25, 0.3) is 0 Å². The molecule has 0 aliphatic heterocycles. The van der Waals surface area contributed by atoms with Gasteiger partial charge in [-0.05, 0) is 65.8 Å². The van der Waals surface area contributed by atoms with Crippen molar-refractivity contribution in [1.82, 2.24) is 10.2 Å². The monoisotopic (exact) mass is 543 g/mol. The number of anilines is 1. The van der Waals surface area contributed by atoms with E-state index in [1.165, 1.54) is 11.9 Å². The lowest BCUT2D eigenvalue weighted by molar-refractivity contribution is -0.138. The minimum Gasteiger partial charge on any atom is -0.357 e. The smallest absolute Gasteiger partial charge is 0.244 e. The number of carbonyl (C=O) groups excluding carboxylic acids is 2. The fraction of sp³-hybridized carbons (Fsp3) is 0.333. The molecule has 0 fully saturated rings. The molecule has 2 rings (SSSR count). The lowest BCUT2D eigenvalue weighted by Gasteiger charge is -2.31. The molecule has 162 valence electrons. The maximum absolute atomic E-state index is 13.2. The Morgan fingerprint density at radius 3 is 2.20 bits per heavy atom. The van der Waals surface area contributed by atoms with Crippen LogP contribution >= 0.6 is 22.6 Å². The van der Waals surface area contributed by atoms with Gasteiger partial charge in [-0.3, -0.25) is 13.9 Å². The summed E-state index contributed by atoms with van der Waals surface area (Å²) in [6, 6.07) is 15.8. The Balaban J connectivity index is 2.27. The van der Waals surface area contributed by atoms with E-state index in [2.05, 4.69) is 27.9 Å². The molecule has 2 aromatic rings. The lowest BCUT2D eigenvalue weighted by Crippen LogP contribution is -2.51. The zero-order valence-electron chi connectivity index (χ0n) is 17.2. The van der Waals surface area contributed by atoms with E-state index in [-0.39, 0.29) is 12.5 Å². The highest BCUT2D eigenvalue weighted by Crippen LogP contribution is 2.20. The summed E-state index contributed by atoms with van der Waals surface area (Å²) < 4.78 is 26.8. The van der Waals surface area contributed by atoms with E-state index < -0.39 is 22.0 Å². The van der Waals surface area contributed by atoms with Crippen LogP contribution in [-0.4, -0.2) is 57.6 Å². The van der Waals surface area contributed by atoms with Gasteiger partial charge in [-0.2, -0.15) is 0 Å². The van der Waals surface area contributed by atoms with Gasteiger partial charge >= 0.3 is 0 Å². The molecule has 0 aliphatic rings. The SMILES string of the molecule is CNC(=O)[C@@H](C)N(CCc1ccccc1)C(=O)CN(c1ccc(I)cc1)S(C)(=O)=O. The van der Waals surface area contributed by atoms with E-state index in [9.17, 15) is 18.0 Å². The number of benzene rings is 2. The van der Waals surface area contributed by atoms with Crippen LogP contribution in [0.2, 0.25) is 0 Å². The second-order valence-electron chi connectivity index (χ2n) is 6.86. The van der Waals surface area contributed by atoms with Gasteiger partial charge in [-0.1, -0.05) is 30.3 Å². The second kappa shape index (κ2) is 10.8. The van der Waals surface area contributed by atoms with Crippen molar-refractivity contribution in [2.45, 2.75) is 19.4 Å². The average Bonchev–Trinajstić information content (AvgIpc) is 2.72. The number of halogens is 1. The van der Waals surface area contributed by atoms with Gasteiger partial charge in [0.15, 0.2) is 0 Å². The highest BCUT2D eigenvalue weighted by molar-refractivity contribution is 14.1. The van der Waals surface area contributed by atoms with Crippen molar-refractivity contribution in [2.24, 2.45) is 0 Å². The number of amides is 2. The van der Waals surface area contributed by atoms with Crippen molar-refractivity contribution in [2.75, 3.05) is 30.7 Å². The molecule has 9 heteroatoms. The van der Waals surface area contributed by atoms with Crippen molar-refractivity contribution in [3.05, 3.63) is 63.7 Å². The van der Waals surface area contributed by atoms with Gasteiger partial charge in [-0.25, -0.2) is 8.42 Å². The predicted molar refractivity (Wildman–Crippen MR) is 127 cm³/mol. The van der Waals surface area contributed by atoms with Gasteiger partial charge in [-0.15, -0.1) is 0 Å². The van der Waals surface area contributed by atoms with Crippen LogP contribution in [0.5, 0.6) is 0 Å². The Morgan fingerprint density at radius 2 is 1.67 bits per heavy atom. The zero-order valence-corrected chi connectivity index (χ0v) is 20.2. The summed E-state index contributed by atoms with van der Waals surface area (Å²) in [6.07, 6.45) is 1.62. The molecule has 2 aromatic carbocycles. The summed E-state index contributed by atoms with van der Waals surface area (Å²) in [4.78, 5) is 26.8. The lowest BCUT2D eigenvalue weighted by atomic mass is 10.1. The molecular formula is C21H26IN3O4S. The first-order valence-corrected chi connectivity index (χ1v) is 12.3. The van der Waals surface area contributed by atoms with Crippen molar-refractivity contribution in [1.29, 1.82) is 0 Å². The van der Waals surface area contributed by atoms with Crippen molar-refractivity contribution in [3.63, 3.8) is 0 Å². The van der Waals surface area contributed by atoms with Crippen LogP contribution in [0.3, 0.4) is 0 Å². The Morgan fingerprint density at radius 1 is 1.07 bits per heavy atom. The van der Waals surface area contributed by atoms with Gasteiger partial charge in [0.25, 0.3) is 0 Å². The number of rotatable bonds is 9. The first-order chi connectivity index (χ1) is 14.1. The molecule has 0 aliphatic carbocycles. The Labute approximate surface area is 191 Å². The van der Waals surface area contributed by atoms with Gasteiger partial charge in [0.1, 0.15) is 12.6 Å². The van der Waals surface area contributed by atoms with E-state index in [4.69, 9.17) is 0 Å². The standard InChI is InChI=1S/C21H26IN3O4S/c1-16(21(27)23-2)24(14-13-17-7-5-4-6-8-17)20(26)15-25(30(3,28)29)19-11-9-18(22)10-12-19/h4-12,16H,13-15H2,1-3H3,(H,23,27)/t16-/m1/s1. The number of likely N-dealkylation sites (N-methyl/N-ethyl adjacent to an activating group) is 1. The molecule has 2 amide bonds. The van der Waals surface area contributed by atoms with Crippen molar-refractivity contribution >= 4 is 50.1 Å². The van der Waals surface area contributed by atoms with E-state index >= 15 is 0 Å². The number of carbonyl (C=O) groups is 2. The Kier molecular flexibility index (Phi) is 8.65. The number of sulfonamides is 1. The summed E-state index contributed by atoms with van der Waals surface area (Å²) in [5.74, 6) is -0.748. The van der Waals surface area contributed by atoms with Gasteiger partial charge < -0.3 is 10.2 Å². The molecule has 7 nitrogen and oxygen atoms in total. The molecule has 0 unspecified atom stereocenters. The average molecular weight is 543 g/mol. The van der Waals surface area contributed by atoms with Crippen LogP contribution in [0.4, 0.5) is 5.69 Å². The van der Waals surface area contributed by atoms with Gasteiger partial charge in [0.05, 0.1) is 11.9 Å². The van der Waals surface area contributed by atoms with E-state index in [0.717, 1.165) is 19.7 Å². The summed E-state index contributed by atoms with van der Waals surface area (Å²) in [5.41, 5.74) is 1.43. The molecular weight excluding hydrogens is 517 g/mol. The zero-order chi connectivity index (χ0) is 22.3. The normalized spacial score (nSPS) is 12.1. The summed E-state index contributed by atoms with van der Waals surface area (Å²) in [6.45, 7) is 1.55. The summed E-state index contributed by atoms with van der Waals surface area (Å²) in [5, 5.41) is 2.55. The highest BCUT2D eigenvalue weighted by atomic mass is 127. The predicted octanol–water partition coefficient (Wildman–Crippen LogP) is 2.26. The number of nitrogens with one attached hydrogen (secondary N) is 1. The van der Waals surface area contributed by atoms with E-state index in [1.807, 2.05) is 30.3 Å². The molecule has 0 radical (unpaired) electrons. The minimum absolute atomic E-state index is 0.293. The molecule has 30 heavy (non-hydrogen) atoms. The van der Waals surface area contributed by atoms with Gasteiger partial charge in [0, 0.05) is 17.2 Å². The molecule has 0 bridgehead atoms. The van der Waals surface area contributed by atoms with Crippen LogP contribution in [0, 0.1) is 3.57 Å². The van der Waals surface area contributed by atoms with E-state index in [1.54, 1.807) is 31.2 Å². The third-order valence-corrected chi connectivity index (χ3v) is 6.55. The fourth-order valence-corrected chi connectivity index (χ4v) is 4.21. The number of hydrogen-bond donors (Lipinski definition) is 1. The molecule has 1 atom stereocenters. The third kappa shape index (κ3) is 6.69. The molecule has 0 saturated carbocycles. The maximum Gasteiger partial charge on any atom is 0.244 e. The first-order valence-electron chi connectivity index (χ1n) is 9.41. The maximum atomic E-state index is 13.2. The summed E-state index contributed by atoms with van der Waals surface area (Å²) in [7, 11) is -2.19. The molecule has 0 saturated heterocycles. The fourth-order valence-electron chi connectivity index (χ4n) is 3.00. The number of hydrogen-bond acceptors (Lipinski definition) is 4. The topological polar surface area (TPSA) is 86.8 Å². The van der Waals surface area contributed by atoms with Gasteiger partial charge in [0.2, 0.25) is 21.8 Å². The highest BCUT2D eigenvalue weighted by Gasteiger charge is 2.29. The van der Waals surface area contributed by atoms with E-state index in [0.29, 0.717) is 18.7 Å². The largest absolute Gasteiger partial charge is 0.357 e. The van der Waals surface area contributed by atoms with Crippen LogP contribution in [0.1, 0.15) is 12.5 Å². The van der Waals surface area contributed by atoms with Crippen LogP contribution in [0.15, 0.2) is 54.6 Å². The third-order valence-electron chi connectivity index (χ3n) is 4.69. The Bertz CT molecular complexity index is 966. The minimum atomic E-state index is -3.70. The second-order valence-corrected chi connectivity index (χ2v) is 10.0. The van der Waals surface area contributed by atoms with Crippen molar-refractivity contribution in [3.8, 4) is 0 Å². The Hall–Kier alpha value is -2.14. The molecule has 1 N–H and O–H groups in total. The molecule has 0 heterocycles. The van der Waals surface area contributed by atoms with Crippen molar-refractivity contribution < 1.29 is 18.0 Å². The summed E-state index contributed by atoms with van der Waals surface area (Å²) >= 11 is 2.13. The molecule has 0 aromatic heterocycles. The first kappa shape index (κ1) is 24.1. The molecule has 0 spiro atoms. The van der Waals surface area contributed by atoms with Crippen LogP contribution in [-0.2, 0) is 26.0 Å². The van der Waals surface area contributed by atoms with Crippen LogP contribution < -0.4 is 9.62 Å². The number of nitrogens with zero attached hydrogens (tertiary/aromatic N) is 2.